The van der Waals surface area contributed by atoms with Crippen molar-refractivity contribution in [1.29, 1.82) is 0 Å². The molecule has 0 aliphatic carbocycles. The number of anilines is 1. The lowest BCUT2D eigenvalue weighted by molar-refractivity contribution is 0.0218. The molecule has 0 bridgehead atoms. The summed E-state index contributed by atoms with van der Waals surface area (Å²) in [5, 5.41) is 0. The van der Waals surface area contributed by atoms with E-state index in [4.69, 9.17) is 9.47 Å². The van der Waals surface area contributed by atoms with Crippen LogP contribution in [0.5, 0.6) is 0 Å². The monoisotopic (exact) mass is 322 g/mol. The van der Waals surface area contributed by atoms with Gasteiger partial charge in [-0.05, 0) is 27.7 Å². The highest BCUT2D eigenvalue weighted by atomic mass is 16.6. The average molecular weight is 322 g/mol. The fourth-order valence-electron chi connectivity index (χ4n) is 2.56. The van der Waals surface area contributed by atoms with E-state index in [0.717, 1.165) is 11.5 Å². The van der Waals surface area contributed by atoms with Crippen LogP contribution in [0.3, 0.4) is 0 Å². The second kappa shape index (κ2) is 7.12. The van der Waals surface area contributed by atoms with E-state index >= 15 is 0 Å². The maximum absolute atomic E-state index is 12.2. The van der Waals surface area contributed by atoms with E-state index in [0.29, 0.717) is 26.2 Å². The zero-order valence-corrected chi connectivity index (χ0v) is 14.6. The van der Waals surface area contributed by atoms with Gasteiger partial charge in [-0.1, -0.05) is 0 Å². The molecule has 23 heavy (non-hydrogen) atoms. The summed E-state index contributed by atoms with van der Waals surface area (Å²) in [5.41, 5.74) is 0.373. The van der Waals surface area contributed by atoms with E-state index in [2.05, 4.69) is 21.8 Å². The molecule has 0 radical (unpaired) electrons. The Kier molecular flexibility index (Phi) is 5.41. The largest absolute Gasteiger partial charge is 0.444 e. The van der Waals surface area contributed by atoms with Gasteiger partial charge in [0.1, 0.15) is 17.7 Å². The van der Waals surface area contributed by atoms with Crippen molar-refractivity contribution in [3.05, 3.63) is 18.1 Å². The summed E-state index contributed by atoms with van der Waals surface area (Å²) >= 11 is 0. The van der Waals surface area contributed by atoms with Gasteiger partial charge in [0.2, 0.25) is 0 Å². The van der Waals surface area contributed by atoms with Crippen molar-refractivity contribution in [1.82, 2.24) is 14.9 Å². The first-order valence-corrected chi connectivity index (χ1v) is 7.84. The molecule has 0 aromatic carbocycles. The van der Waals surface area contributed by atoms with Crippen molar-refractivity contribution < 1.29 is 14.3 Å². The highest BCUT2D eigenvalue weighted by Crippen LogP contribution is 2.20. The third kappa shape index (κ3) is 4.79. The summed E-state index contributed by atoms with van der Waals surface area (Å²) in [6.07, 6.45) is 1.29. The van der Waals surface area contributed by atoms with Crippen molar-refractivity contribution in [2.75, 3.05) is 31.6 Å². The number of rotatable bonds is 3. The van der Waals surface area contributed by atoms with E-state index in [1.54, 1.807) is 18.3 Å². The number of carbonyl (C=O) groups is 1. The molecule has 0 saturated carbocycles. The Morgan fingerprint density at radius 3 is 2.70 bits per heavy atom. The van der Waals surface area contributed by atoms with Crippen LogP contribution in [0, 0.1) is 0 Å². The minimum Gasteiger partial charge on any atom is -0.444 e. The quantitative estimate of drug-likeness (QED) is 0.848. The van der Waals surface area contributed by atoms with Gasteiger partial charge in [0, 0.05) is 38.9 Å². The van der Waals surface area contributed by atoms with Gasteiger partial charge in [-0.3, -0.25) is 0 Å². The molecule has 1 aromatic rings. The summed E-state index contributed by atoms with van der Waals surface area (Å²) in [5.74, 6) is 0.864. The van der Waals surface area contributed by atoms with Crippen molar-refractivity contribution in [3.8, 4) is 0 Å². The summed E-state index contributed by atoms with van der Waals surface area (Å²) < 4.78 is 10.6. The lowest BCUT2D eigenvalue weighted by atomic mass is 10.2. The first kappa shape index (κ1) is 17.5. The van der Waals surface area contributed by atoms with Gasteiger partial charge in [0.05, 0.1) is 12.3 Å². The van der Waals surface area contributed by atoms with Gasteiger partial charge in [0.15, 0.2) is 0 Å². The van der Waals surface area contributed by atoms with Gasteiger partial charge in [-0.25, -0.2) is 14.8 Å². The first-order valence-electron chi connectivity index (χ1n) is 7.84. The number of carbonyl (C=O) groups excluding carboxylic acids is 1. The van der Waals surface area contributed by atoms with Crippen LogP contribution in [0.4, 0.5) is 10.6 Å². The van der Waals surface area contributed by atoms with Crippen molar-refractivity contribution >= 4 is 11.9 Å². The van der Waals surface area contributed by atoms with Crippen LogP contribution in [0.2, 0.25) is 0 Å². The Balaban J connectivity index is 2.01. The Morgan fingerprint density at radius 2 is 2.09 bits per heavy atom. The molecule has 7 heteroatoms. The molecule has 1 fully saturated rings. The molecule has 2 rings (SSSR count). The molecule has 1 aromatic heterocycles. The third-order valence-electron chi connectivity index (χ3n) is 3.57. The SMILES string of the molecule is COCc1cc(N2CCN(C(=O)OC(C)(C)C)C[C@@H]2C)ncn1. The molecule has 0 unspecified atom stereocenters. The summed E-state index contributed by atoms with van der Waals surface area (Å²) in [4.78, 5) is 24.7. The number of ether oxygens (including phenoxy) is 2. The molecule has 1 aliphatic rings. The topological polar surface area (TPSA) is 67.8 Å². The minimum absolute atomic E-state index is 0.154. The molecular formula is C16H26N4O3. The second-order valence-electron chi connectivity index (χ2n) is 6.77. The van der Waals surface area contributed by atoms with Crippen molar-refractivity contribution in [2.45, 2.75) is 45.9 Å². The predicted molar refractivity (Wildman–Crippen MR) is 87.4 cm³/mol. The number of hydrogen-bond donors (Lipinski definition) is 0. The maximum atomic E-state index is 12.2. The Labute approximate surface area is 137 Å². The summed E-state index contributed by atoms with van der Waals surface area (Å²) in [6, 6.07) is 2.09. The standard InChI is InChI=1S/C16H26N4O3/c1-12-9-19(15(21)23-16(2,3)4)6-7-20(12)14-8-13(10-22-5)17-11-18-14/h8,11-12H,6-7,9-10H2,1-5H3/t12-/m0/s1. The van der Waals surface area contributed by atoms with E-state index < -0.39 is 5.60 Å². The molecule has 7 nitrogen and oxygen atoms in total. The number of aromatic nitrogens is 2. The van der Waals surface area contributed by atoms with Crippen LogP contribution >= 0.6 is 0 Å². The number of amides is 1. The highest BCUT2D eigenvalue weighted by molar-refractivity contribution is 5.68. The number of piperazine rings is 1. The van der Waals surface area contributed by atoms with Gasteiger partial charge in [-0.15, -0.1) is 0 Å². The normalized spacial score (nSPS) is 18.9. The molecule has 1 aliphatic heterocycles. The number of methoxy groups -OCH3 is 1. The fourth-order valence-corrected chi connectivity index (χ4v) is 2.56. The molecule has 1 atom stereocenters. The highest BCUT2D eigenvalue weighted by Gasteiger charge is 2.30. The molecule has 0 spiro atoms. The van der Waals surface area contributed by atoms with Gasteiger partial charge >= 0.3 is 6.09 Å². The average Bonchev–Trinajstić information content (AvgIpc) is 2.46. The van der Waals surface area contributed by atoms with E-state index in [1.165, 1.54) is 0 Å². The zero-order chi connectivity index (χ0) is 17.0. The molecular weight excluding hydrogens is 296 g/mol. The van der Waals surface area contributed by atoms with Crippen molar-refractivity contribution in [2.24, 2.45) is 0 Å². The molecule has 128 valence electrons. The third-order valence-corrected chi connectivity index (χ3v) is 3.57. The number of hydrogen-bond acceptors (Lipinski definition) is 6. The Bertz CT molecular complexity index is 544. The number of nitrogens with zero attached hydrogens (tertiary/aromatic N) is 4. The minimum atomic E-state index is -0.473. The predicted octanol–water partition coefficient (Wildman–Crippen LogP) is 2.07. The van der Waals surface area contributed by atoms with Crippen molar-refractivity contribution in [3.63, 3.8) is 0 Å². The fraction of sp³-hybridized carbons (Fsp3) is 0.688. The van der Waals surface area contributed by atoms with Gasteiger partial charge in [-0.2, -0.15) is 0 Å². The maximum Gasteiger partial charge on any atom is 0.410 e. The zero-order valence-electron chi connectivity index (χ0n) is 14.6. The Morgan fingerprint density at radius 1 is 1.35 bits per heavy atom. The lowest BCUT2D eigenvalue weighted by Gasteiger charge is -2.40. The van der Waals surface area contributed by atoms with Crippen LogP contribution in [0.15, 0.2) is 12.4 Å². The van der Waals surface area contributed by atoms with Gasteiger partial charge < -0.3 is 19.3 Å². The molecule has 0 N–H and O–H groups in total. The van der Waals surface area contributed by atoms with Crippen LogP contribution in [-0.2, 0) is 16.1 Å². The Hall–Kier alpha value is -1.89. The van der Waals surface area contributed by atoms with E-state index in [1.807, 2.05) is 26.8 Å². The van der Waals surface area contributed by atoms with Crippen LogP contribution in [0.1, 0.15) is 33.4 Å². The van der Waals surface area contributed by atoms with Gasteiger partial charge in [0.25, 0.3) is 0 Å². The van der Waals surface area contributed by atoms with Crippen LogP contribution < -0.4 is 4.90 Å². The summed E-state index contributed by atoms with van der Waals surface area (Å²) in [6.45, 7) is 10.1. The van der Waals surface area contributed by atoms with Crippen LogP contribution in [-0.4, -0.2) is 59.3 Å². The molecule has 1 amide bonds. The molecule has 1 saturated heterocycles. The second-order valence-corrected chi connectivity index (χ2v) is 6.77. The molecule has 2 heterocycles. The van der Waals surface area contributed by atoms with Crippen LogP contribution in [0.25, 0.3) is 0 Å². The smallest absolute Gasteiger partial charge is 0.410 e. The lowest BCUT2D eigenvalue weighted by Crippen LogP contribution is -2.54. The summed E-state index contributed by atoms with van der Waals surface area (Å²) in [7, 11) is 1.64. The van der Waals surface area contributed by atoms with E-state index in [-0.39, 0.29) is 12.1 Å². The first-order chi connectivity index (χ1) is 10.8. The van der Waals surface area contributed by atoms with E-state index in [9.17, 15) is 4.79 Å².